The predicted molar refractivity (Wildman–Crippen MR) is 71.9 cm³/mol. The van der Waals surface area contributed by atoms with Gasteiger partial charge in [-0.2, -0.15) is 0 Å². The normalized spacial score (nSPS) is 32.0. The Morgan fingerprint density at radius 3 is 2.68 bits per heavy atom. The van der Waals surface area contributed by atoms with E-state index in [0.29, 0.717) is 6.61 Å². The minimum Gasteiger partial charge on any atom is -0.388 e. The van der Waals surface area contributed by atoms with Crippen LogP contribution in [0.5, 0.6) is 0 Å². The lowest BCUT2D eigenvalue weighted by molar-refractivity contribution is -0.199. The third-order valence-electron chi connectivity index (χ3n) is 3.28. The van der Waals surface area contributed by atoms with Gasteiger partial charge in [0.2, 0.25) is 0 Å². The smallest absolute Gasteiger partial charge is 0.111 e. The number of allylic oxidation sites excluding steroid dienone is 2. The van der Waals surface area contributed by atoms with Crippen molar-refractivity contribution in [2.24, 2.45) is 0 Å². The van der Waals surface area contributed by atoms with Crippen LogP contribution in [-0.2, 0) is 9.47 Å². The van der Waals surface area contributed by atoms with Gasteiger partial charge in [-0.1, -0.05) is 18.6 Å². The lowest BCUT2D eigenvalue weighted by Gasteiger charge is -2.35. The highest BCUT2D eigenvalue weighted by atomic mass is 16.6. The zero-order chi connectivity index (χ0) is 14.1. The van der Waals surface area contributed by atoms with Crippen molar-refractivity contribution in [1.29, 1.82) is 0 Å². The molecule has 0 saturated carbocycles. The molecule has 0 spiro atoms. The first-order valence-corrected chi connectivity index (χ1v) is 7.01. The van der Waals surface area contributed by atoms with Crippen LogP contribution in [0.15, 0.2) is 12.2 Å². The zero-order valence-corrected chi connectivity index (χ0v) is 11.6. The summed E-state index contributed by atoms with van der Waals surface area (Å²) in [6.07, 6.45) is 4.75. The number of rotatable bonds is 8. The number of ether oxygens (including phenoxy) is 2. The van der Waals surface area contributed by atoms with Gasteiger partial charge in [-0.05, 0) is 26.2 Å². The van der Waals surface area contributed by atoms with Crippen molar-refractivity contribution < 1.29 is 24.8 Å². The number of aliphatic hydroxyl groups is 3. The van der Waals surface area contributed by atoms with Crippen LogP contribution in [0.2, 0.25) is 0 Å². The molecule has 0 unspecified atom stereocenters. The maximum absolute atomic E-state index is 9.69. The topological polar surface area (TPSA) is 79.2 Å². The SMILES string of the molecule is C/C=C/CCCCCOC[C@@H]1OC[C@@H](O)[C@H](O)[C@H]1O. The molecule has 0 aromatic carbocycles. The van der Waals surface area contributed by atoms with E-state index in [1.807, 2.05) is 6.92 Å². The van der Waals surface area contributed by atoms with Crippen LogP contribution in [0, 0.1) is 0 Å². The number of unbranched alkanes of at least 4 members (excludes halogenated alkanes) is 3. The molecule has 19 heavy (non-hydrogen) atoms. The molecule has 1 aliphatic rings. The fourth-order valence-corrected chi connectivity index (χ4v) is 2.02. The molecule has 4 atom stereocenters. The molecule has 1 aliphatic heterocycles. The van der Waals surface area contributed by atoms with Gasteiger partial charge < -0.3 is 24.8 Å². The summed E-state index contributed by atoms with van der Waals surface area (Å²) in [6, 6.07) is 0. The van der Waals surface area contributed by atoms with Gasteiger partial charge in [-0.15, -0.1) is 0 Å². The molecule has 0 aromatic heterocycles. The Bertz CT molecular complexity index is 256. The first kappa shape index (κ1) is 16.6. The van der Waals surface area contributed by atoms with Gasteiger partial charge in [0.05, 0.1) is 13.2 Å². The first-order valence-electron chi connectivity index (χ1n) is 7.01. The molecule has 1 rings (SSSR count). The summed E-state index contributed by atoms with van der Waals surface area (Å²) < 4.78 is 10.7. The van der Waals surface area contributed by atoms with E-state index < -0.39 is 24.4 Å². The third-order valence-corrected chi connectivity index (χ3v) is 3.28. The fourth-order valence-electron chi connectivity index (χ4n) is 2.02. The Balaban J connectivity index is 2.03. The van der Waals surface area contributed by atoms with Gasteiger partial charge in [-0.25, -0.2) is 0 Å². The molecule has 3 N–H and O–H groups in total. The van der Waals surface area contributed by atoms with Crippen molar-refractivity contribution in [3.8, 4) is 0 Å². The quantitative estimate of drug-likeness (QED) is 0.447. The van der Waals surface area contributed by atoms with E-state index in [9.17, 15) is 15.3 Å². The van der Waals surface area contributed by atoms with E-state index in [-0.39, 0.29) is 13.2 Å². The molecule has 0 amide bonds. The van der Waals surface area contributed by atoms with Crippen molar-refractivity contribution in [1.82, 2.24) is 0 Å². The van der Waals surface area contributed by atoms with Crippen molar-refractivity contribution >= 4 is 0 Å². The summed E-state index contributed by atoms with van der Waals surface area (Å²) in [6.45, 7) is 2.93. The summed E-state index contributed by atoms with van der Waals surface area (Å²) >= 11 is 0. The van der Waals surface area contributed by atoms with Crippen LogP contribution in [0.3, 0.4) is 0 Å². The molecular formula is C14H26O5. The van der Waals surface area contributed by atoms with E-state index in [2.05, 4.69) is 12.2 Å². The summed E-state index contributed by atoms with van der Waals surface area (Å²) in [5.41, 5.74) is 0. The molecular weight excluding hydrogens is 248 g/mol. The molecule has 5 nitrogen and oxygen atoms in total. The minimum atomic E-state index is -1.15. The Morgan fingerprint density at radius 1 is 1.16 bits per heavy atom. The van der Waals surface area contributed by atoms with E-state index in [4.69, 9.17) is 9.47 Å². The molecule has 0 aromatic rings. The summed E-state index contributed by atoms with van der Waals surface area (Å²) in [7, 11) is 0. The van der Waals surface area contributed by atoms with Gasteiger partial charge in [-0.3, -0.25) is 0 Å². The average Bonchev–Trinajstić information content (AvgIpc) is 2.41. The second kappa shape index (κ2) is 9.44. The van der Waals surface area contributed by atoms with E-state index in [1.165, 1.54) is 0 Å². The van der Waals surface area contributed by atoms with Crippen LogP contribution in [0.1, 0.15) is 32.6 Å². The van der Waals surface area contributed by atoms with Crippen molar-refractivity contribution in [2.75, 3.05) is 19.8 Å². The highest BCUT2D eigenvalue weighted by Crippen LogP contribution is 2.16. The standard InChI is InChI=1S/C14H26O5/c1-2-3-4-5-6-7-8-18-10-12-14(17)13(16)11(15)9-19-12/h2-3,11-17H,4-10H2,1H3/b3-2+/t11-,12+,13+,14+/m1/s1. The number of hydrogen-bond acceptors (Lipinski definition) is 5. The third kappa shape index (κ3) is 6.01. The molecule has 1 fully saturated rings. The molecule has 0 aliphatic carbocycles. The average molecular weight is 274 g/mol. The molecule has 1 heterocycles. The van der Waals surface area contributed by atoms with Crippen LogP contribution >= 0.6 is 0 Å². The van der Waals surface area contributed by atoms with Crippen molar-refractivity contribution in [3.05, 3.63) is 12.2 Å². The molecule has 1 saturated heterocycles. The Labute approximate surface area is 114 Å². The number of aliphatic hydroxyl groups excluding tert-OH is 3. The molecule has 0 radical (unpaired) electrons. The second-order valence-electron chi connectivity index (χ2n) is 4.91. The molecule has 5 heteroatoms. The molecule has 112 valence electrons. The van der Waals surface area contributed by atoms with Gasteiger partial charge >= 0.3 is 0 Å². The number of hydrogen-bond donors (Lipinski definition) is 3. The largest absolute Gasteiger partial charge is 0.388 e. The van der Waals surface area contributed by atoms with Crippen LogP contribution in [0.25, 0.3) is 0 Å². The van der Waals surface area contributed by atoms with E-state index >= 15 is 0 Å². The predicted octanol–water partition coefficient (Wildman–Crippen LogP) is 0.621. The molecule has 0 bridgehead atoms. The van der Waals surface area contributed by atoms with Crippen LogP contribution < -0.4 is 0 Å². The zero-order valence-electron chi connectivity index (χ0n) is 11.6. The van der Waals surface area contributed by atoms with Crippen LogP contribution in [-0.4, -0.2) is 59.6 Å². The summed E-state index contributed by atoms with van der Waals surface area (Å²) in [5.74, 6) is 0. The lowest BCUT2D eigenvalue weighted by Crippen LogP contribution is -2.54. The lowest BCUT2D eigenvalue weighted by atomic mass is 10.0. The second-order valence-corrected chi connectivity index (χ2v) is 4.91. The Hall–Kier alpha value is -0.460. The fraction of sp³-hybridized carbons (Fsp3) is 0.857. The van der Waals surface area contributed by atoms with Crippen molar-refractivity contribution in [2.45, 2.75) is 57.0 Å². The first-order chi connectivity index (χ1) is 9.16. The highest BCUT2D eigenvalue weighted by Gasteiger charge is 2.37. The monoisotopic (exact) mass is 274 g/mol. The van der Waals surface area contributed by atoms with E-state index in [1.54, 1.807) is 0 Å². The summed E-state index contributed by atoms with van der Waals surface area (Å²) in [4.78, 5) is 0. The minimum absolute atomic E-state index is 0.0373. The Morgan fingerprint density at radius 2 is 1.95 bits per heavy atom. The van der Waals surface area contributed by atoms with Gasteiger partial charge in [0.25, 0.3) is 0 Å². The van der Waals surface area contributed by atoms with Crippen molar-refractivity contribution in [3.63, 3.8) is 0 Å². The van der Waals surface area contributed by atoms with Gasteiger partial charge in [0.1, 0.15) is 24.4 Å². The van der Waals surface area contributed by atoms with E-state index in [0.717, 1.165) is 25.7 Å². The maximum atomic E-state index is 9.69. The maximum Gasteiger partial charge on any atom is 0.111 e. The summed E-state index contributed by atoms with van der Waals surface area (Å²) in [5, 5.41) is 28.5. The van der Waals surface area contributed by atoms with Crippen LogP contribution in [0.4, 0.5) is 0 Å². The Kier molecular flexibility index (Phi) is 8.25. The highest BCUT2D eigenvalue weighted by molar-refractivity contribution is 4.86. The van der Waals surface area contributed by atoms with Gasteiger partial charge in [0, 0.05) is 6.61 Å². The van der Waals surface area contributed by atoms with Gasteiger partial charge in [0.15, 0.2) is 0 Å².